The van der Waals surface area contributed by atoms with E-state index in [1.165, 1.54) is 11.1 Å². The number of hydrogen-bond acceptors (Lipinski definition) is 4. The molecule has 2 rings (SSSR count). The SMILES string of the molecule is CC(C)N(C)c1ccc(CN(C)Cc2cccnc2)cn1. The monoisotopic (exact) mass is 284 g/mol. The Morgan fingerprint density at radius 2 is 1.71 bits per heavy atom. The molecule has 0 bridgehead atoms. The fourth-order valence-electron chi connectivity index (χ4n) is 2.15. The zero-order valence-corrected chi connectivity index (χ0v) is 13.3. The molecule has 4 nitrogen and oxygen atoms in total. The number of anilines is 1. The van der Waals surface area contributed by atoms with Gasteiger partial charge in [-0.05, 0) is 44.2 Å². The maximum absolute atomic E-state index is 4.55. The second kappa shape index (κ2) is 7.18. The summed E-state index contributed by atoms with van der Waals surface area (Å²) in [7, 11) is 4.18. The number of nitrogens with zero attached hydrogens (tertiary/aromatic N) is 4. The fraction of sp³-hybridized carbons (Fsp3) is 0.412. The van der Waals surface area contributed by atoms with Crippen LogP contribution < -0.4 is 4.90 Å². The first-order chi connectivity index (χ1) is 10.1. The molecular weight excluding hydrogens is 260 g/mol. The van der Waals surface area contributed by atoms with Crippen LogP contribution in [-0.2, 0) is 13.1 Å². The van der Waals surface area contributed by atoms with Crippen LogP contribution in [-0.4, -0.2) is 35.0 Å². The van der Waals surface area contributed by atoms with Crippen molar-refractivity contribution in [3.8, 4) is 0 Å². The number of pyridine rings is 2. The second-order valence-corrected chi connectivity index (χ2v) is 5.76. The summed E-state index contributed by atoms with van der Waals surface area (Å²) in [5, 5.41) is 0. The third-order valence-corrected chi connectivity index (χ3v) is 3.57. The van der Waals surface area contributed by atoms with Crippen LogP contribution in [0, 0.1) is 0 Å². The lowest BCUT2D eigenvalue weighted by Gasteiger charge is -2.23. The molecule has 0 saturated carbocycles. The van der Waals surface area contributed by atoms with Crippen LogP contribution in [0.4, 0.5) is 5.82 Å². The lowest BCUT2D eigenvalue weighted by Crippen LogP contribution is -2.26. The normalized spacial score (nSPS) is 11.1. The Morgan fingerprint density at radius 1 is 1.00 bits per heavy atom. The summed E-state index contributed by atoms with van der Waals surface area (Å²) in [6, 6.07) is 8.77. The first-order valence-electron chi connectivity index (χ1n) is 7.31. The Kier molecular flexibility index (Phi) is 5.28. The van der Waals surface area contributed by atoms with E-state index >= 15 is 0 Å². The molecule has 2 aromatic heterocycles. The van der Waals surface area contributed by atoms with E-state index in [1.54, 1.807) is 6.20 Å². The van der Waals surface area contributed by atoms with E-state index in [9.17, 15) is 0 Å². The van der Waals surface area contributed by atoms with Crippen LogP contribution in [0.3, 0.4) is 0 Å². The third kappa shape index (κ3) is 4.53. The lowest BCUT2D eigenvalue weighted by atomic mass is 10.2. The van der Waals surface area contributed by atoms with Crippen LogP contribution in [0.5, 0.6) is 0 Å². The predicted molar refractivity (Wildman–Crippen MR) is 87.2 cm³/mol. The first-order valence-corrected chi connectivity index (χ1v) is 7.31. The summed E-state index contributed by atoms with van der Waals surface area (Å²) in [5.74, 6) is 1.02. The topological polar surface area (TPSA) is 32.3 Å². The zero-order chi connectivity index (χ0) is 15.2. The van der Waals surface area contributed by atoms with Crippen LogP contribution in [0.2, 0.25) is 0 Å². The Hall–Kier alpha value is -1.94. The summed E-state index contributed by atoms with van der Waals surface area (Å²) in [5.41, 5.74) is 2.45. The quantitative estimate of drug-likeness (QED) is 0.816. The van der Waals surface area contributed by atoms with Crippen molar-refractivity contribution in [2.45, 2.75) is 33.0 Å². The summed E-state index contributed by atoms with van der Waals surface area (Å²) in [4.78, 5) is 13.1. The van der Waals surface area contributed by atoms with Crippen LogP contribution in [0.25, 0.3) is 0 Å². The Morgan fingerprint density at radius 3 is 2.24 bits per heavy atom. The second-order valence-electron chi connectivity index (χ2n) is 5.76. The lowest BCUT2D eigenvalue weighted by molar-refractivity contribution is 0.318. The standard InChI is InChI=1S/C17H24N4/c1-14(2)21(4)17-8-7-16(11-19-17)13-20(3)12-15-6-5-9-18-10-15/h5-11,14H,12-13H2,1-4H3. The minimum atomic E-state index is 0.455. The number of hydrogen-bond donors (Lipinski definition) is 0. The molecular formula is C17H24N4. The van der Waals surface area contributed by atoms with Gasteiger partial charge >= 0.3 is 0 Å². The molecule has 0 N–H and O–H groups in total. The van der Waals surface area contributed by atoms with Crippen molar-refractivity contribution in [2.24, 2.45) is 0 Å². The summed E-state index contributed by atoms with van der Waals surface area (Å²) in [6.07, 6.45) is 5.68. The minimum absolute atomic E-state index is 0.455. The molecule has 0 spiro atoms. The van der Waals surface area contributed by atoms with Gasteiger partial charge in [0, 0.05) is 44.8 Å². The first kappa shape index (κ1) is 15.4. The molecule has 0 saturated heterocycles. The van der Waals surface area contributed by atoms with Crippen LogP contribution >= 0.6 is 0 Å². The van der Waals surface area contributed by atoms with Gasteiger partial charge in [-0.3, -0.25) is 9.88 Å². The molecule has 0 radical (unpaired) electrons. The highest BCUT2D eigenvalue weighted by Crippen LogP contribution is 2.13. The molecule has 4 heteroatoms. The van der Waals surface area contributed by atoms with E-state index in [0.717, 1.165) is 18.9 Å². The van der Waals surface area contributed by atoms with E-state index < -0.39 is 0 Å². The molecule has 0 amide bonds. The van der Waals surface area contributed by atoms with Crippen molar-refractivity contribution < 1.29 is 0 Å². The third-order valence-electron chi connectivity index (χ3n) is 3.57. The minimum Gasteiger partial charge on any atom is -0.357 e. The van der Waals surface area contributed by atoms with Gasteiger partial charge < -0.3 is 4.90 Å². The molecule has 0 aliphatic heterocycles. The van der Waals surface area contributed by atoms with Crippen molar-refractivity contribution in [1.82, 2.24) is 14.9 Å². The Balaban J connectivity index is 1.94. The van der Waals surface area contributed by atoms with Crippen molar-refractivity contribution in [3.63, 3.8) is 0 Å². The highest BCUT2D eigenvalue weighted by molar-refractivity contribution is 5.39. The molecule has 0 unspecified atom stereocenters. The van der Waals surface area contributed by atoms with E-state index in [4.69, 9.17) is 0 Å². The van der Waals surface area contributed by atoms with Crippen LogP contribution in [0.15, 0.2) is 42.9 Å². The van der Waals surface area contributed by atoms with Gasteiger partial charge in [0.25, 0.3) is 0 Å². The van der Waals surface area contributed by atoms with Crippen molar-refractivity contribution in [1.29, 1.82) is 0 Å². The summed E-state index contributed by atoms with van der Waals surface area (Å²) >= 11 is 0. The molecule has 21 heavy (non-hydrogen) atoms. The molecule has 0 aromatic carbocycles. The van der Waals surface area contributed by atoms with Gasteiger partial charge in [-0.2, -0.15) is 0 Å². The maximum Gasteiger partial charge on any atom is 0.128 e. The molecule has 0 aliphatic carbocycles. The smallest absolute Gasteiger partial charge is 0.128 e. The average molecular weight is 284 g/mol. The van der Waals surface area contributed by atoms with Crippen molar-refractivity contribution >= 4 is 5.82 Å². The van der Waals surface area contributed by atoms with Gasteiger partial charge in [0.1, 0.15) is 5.82 Å². The van der Waals surface area contributed by atoms with Crippen LogP contribution in [0.1, 0.15) is 25.0 Å². The average Bonchev–Trinajstić information content (AvgIpc) is 2.48. The molecule has 112 valence electrons. The molecule has 0 aliphatic rings. The van der Waals surface area contributed by atoms with Gasteiger partial charge in [-0.25, -0.2) is 4.98 Å². The Labute approximate surface area is 127 Å². The van der Waals surface area contributed by atoms with Gasteiger partial charge in [0.2, 0.25) is 0 Å². The van der Waals surface area contributed by atoms with Gasteiger partial charge in [-0.1, -0.05) is 12.1 Å². The van der Waals surface area contributed by atoms with E-state index in [-0.39, 0.29) is 0 Å². The largest absolute Gasteiger partial charge is 0.357 e. The molecule has 2 aromatic rings. The molecule has 0 fully saturated rings. The highest BCUT2D eigenvalue weighted by atomic mass is 15.2. The van der Waals surface area contributed by atoms with E-state index in [2.05, 4.69) is 65.9 Å². The van der Waals surface area contributed by atoms with Gasteiger partial charge in [0.15, 0.2) is 0 Å². The number of aromatic nitrogens is 2. The highest BCUT2D eigenvalue weighted by Gasteiger charge is 2.07. The van der Waals surface area contributed by atoms with E-state index in [1.807, 2.05) is 18.5 Å². The zero-order valence-electron chi connectivity index (χ0n) is 13.3. The van der Waals surface area contributed by atoms with E-state index in [0.29, 0.717) is 6.04 Å². The Bertz CT molecular complexity index is 536. The molecule has 2 heterocycles. The summed E-state index contributed by atoms with van der Waals surface area (Å²) in [6.45, 7) is 6.10. The van der Waals surface area contributed by atoms with Crippen molar-refractivity contribution in [2.75, 3.05) is 19.0 Å². The number of rotatable bonds is 6. The van der Waals surface area contributed by atoms with Crippen molar-refractivity contribution in [3.05, 3.63) is 54.0 Å². The van der Waals surface area contributed by atoms with Gasteiger partial charge in [0.05, 0.1) is 0 Å². The fourth-order valence-corrected chi connectivity index (χ4v) is 2.15. The summed E-state index contributed by atoms with van der Waals surface area (Å²) < 4.78 is 0. The van der Waals surface area contributed by atoms with Gasteiger partial charge in [-0.15, -0.1) is 0 Å². The predicted octanol–water partition coefficient (Wildman–Crippen LogP) is 2.95. The molecule has 0 atom stereocenters. The maximum atomic E-state index is 4.55.